The summed E-state index contributed by atoms with van der Waals surface area (Å²) in [6.45, 7) is 0.898. The van der Waals surface area contributed by atoms with E-state index in [1.165, 1.54) is 24.5 Å². The van der Waals surface area contributed by atoms with Crippen molar-refractivity contribution in [3.63, 3.8) is 0 Å². The van der Waals surface area contributed by atoms with Gasteiger partial charge >= 0.3 is 6.08 Å². The normalized spacial score (nSPS) is 16.7. The number of piperidine rings is 1. The van der Waals surface area contributed by atoms with Crippen molar-refractivity contribution in [3.05, 3.63) is 66.2 Å². The topological polar surface area (TPSA) is 86.3 Å². The third kappa shape index (κ3) is 3.38. The standard InChI is InChI=1S/C21H18FN5O3/c22-16-7-3-6-15(19(16)27-23-10-11-24-27)20(28)26-12-4-5-14(13-26)29-21-25-17-8-1-2-9-18(17)30-21/h1-3,6-11,14H,4-5,12-13H2. The summed E-state index contributed by atoms with van der Waals surface area (Å²) in [7, 11) is 0. The van der Waals surface area contributed by atoms with E-state index in [4.69, 9.17) is 9.15 Å². The molecule has 1 aliphatic rings. The van der Waals surface area contributed by atoms with Crippen LogP contribution in [0.15, 0.2) is 59.3 Å². The zero-order valence-corrected chi connectivity index (χ0v) is 15.9. The van der Waals surface area contributed by atoms with Crippen molar-refractivity contribution in [2.24, 2.45) is 0 Å². The third-order valence-electron chi connectivity index (χ3n) is 5.04. The van der Waals surface area contributed by atoms with E-state index in [1.54, 1.807) is 11.0 Å². The van der Waals surface area contributed by atoms with Crippen LogP contribution in [-0.2, 0) is 0 Å². The Hall–Kier alpha value is -3.75. The maximum absolute atomic E-state index is 14.5. The van der Waals surface area contributed by atoms with Gasteiger partial charge in [0.25, 0.3) is 5.91 Å². The van der Waals surface area contributed by atoms with Gasteiger partial charge in [0.05, 0.1) is 24.5 Å². The number of likely N-dealkylation sites (tertiary alicyclic amines) is 1. The number of benzene rings is 2. The van der Waals surface area contributed by atoms with Crippen LogP contribution >= 0.6 is 0 Å². The van der Waals surface area contributed by atoms with Gasteiger partial charge in [0, 0.05) is 6.54 Å². The fourth-order valence-corrected chi connectivity index (χ4v) is 3.66. The molecule has 0 bridgehead atoms. The smallest absolute Gasteiger partial charge is 0.394 e. The highest BCUT2D eigenvalue weighted by Crippen LogP contribution is 2.25. The summed E-state index contributed by atoms with van der Waals surface area (Å²) in [5.41, 5.74) is 1.60. The Labute approximate surface area is 170 Å². The predicted octanol–water partition coefficient (Wildman–Crippen LogP) is 3.23. The molecule has 0 radical (unpaired) electrons. The highest BCUT2D eigenvalue weighted by atomic mass is 19.1. The number of hydrogen-bond donors (Lipinski definition) is 0. The molecule has 4 aromatic rings. The van der Waals surface area contributed by atoms with Crippen LogP contribution in [0.1, 0.15) is 23.2 Å². The number of ether oxygens (including phenoxy) is 1. The predicted molar refractivity (Wildman–Crippen MR) is 105 cm³/mol. The van der Waals surface area contributed by atoms with Crippen molar-refractivity contribution in [2.45, 2.75) is 18.9 Å². The molecule has 1 aliphatic heterocycles. The maximum Gasteiger partial charge on any atom is 0.394 e. The molecule has 5 rings (SSSR count). The minimum Gasteiger partial charge on any atom is -0.445 e. The summed E-state index contributed by atoms with van der Waals surface area (Å²) in [5, 5.41) is 7.95. The Morgan fingerprint density at radius 1 is 1.13 bits per heavy atom. The van der Waals surface area contributed by atoms with Crippen LogP contribution < -0.4 is 4.74 Å². The first-order valence-electron chi connectivity index (χ1n) is 9.66. The lowest BCUT2D eigenvalue weighted by Gasteiger charge is -2.32. The number of aromatic nitrogens is 4. The molecule has 8 nitrogen and oxygen atoms in total. The SMILES string of the molecule is O=C(c1cccc(F)c1-n1nccn1)N1CCCC(Oc2nc3ccccc3o2)C1. The van der Waals surface area contributed by atoms with Gasteiger partial charge in [0.2, 0.25) is 0 Å². The van der Waals surface area contributed by atoms with E-state index in [9.17, 15) is 9.18 Å². The molecular formula is C21H18FN5O3. The van der Waals surface area contributed by atoms with Crippen molar-refractivity contribution in [3.8, 4) is 11.8 Å². The van der Waals surface area contributed by atoms with Gasteiger partial charge in [-0.05, 0) is 37.1 Å². The molecule has 0 spiro atoms. The summed E-state index contributed by atoms with van der Waals surface area (Å²) in [6, 6.07) is 11.8. The minimum atomic E-state index is -0.562. The molecule has 1 saturated heterocycles. The summed E-state index contributed by atoms with van der Waals surface area (Å²) < 4.78 is 26.0. The lowest BCUT2D eigenvalue weighted by atomic mass is 10.1. The molecule has 30 heavy (non-hydrogen) atoms. The van der Waals surface area contributed by atoms with Gasteiger partial charge in [0.15, 0.2) is 11.4 Å². The van der Waals surface area contributed by atoms with E-state index in [0.717, 1.165) is 17.6 Å². The Balaban J connectivity index is 1.36. The molecule has 1 unspecified atom stereocenters. The van der Waals surface area contributed by atoms with Crippen LogP contribution in [0, 0.1) is 5.82 Å². The molecule has 9 heteroatoms. The molecule has 0 N–H and O–H groups in total. The Morgan fingerprint density at radius 3 is 2.80 bits per heavy atom. The second-order valence-electron chi connectivity index (χ2n) is 7.04. The number of nitrogens with zero attached hydrogens (tertiary/aromatic N) is 5. The lowest BCUT2D eigenvalue weighted by molar-refractivity contribution is 0.0462. The van der Waals surface area contributed by atoms with Crippen molar-refractivity contribution < 1.29 is 18.3 Å². The van der Waals surface area contributed by atoms with Crippen molar-refractivity contribution in [2.75, 3.05) is 13.1 Å². The van der Waals surface area contributed by atoms with Gasteiger partial charge in [0.1, 0.15) is 17.3 Å². The summed E-state index contributed by atoms with van der Waals surface area (Å²) in [4.78, 5) is 20.3. The van der Waals surface area contributed by atoms with E-state index in [0.29, 0.717) is 24.2 Å². The maximum atomic E-state index is 14.5. The summed E-state index contributed by atoms with van der Waals surface area (Å²) in [6.07, 6.45) is 4.30. The van der Waals surface area contributed by atoms with Gasteiger partial charge in [-0.1, -0.05) is 18.2 Å². The number of carbonyl (C=O) groups is 1. The number of amides is 1. The number of oxazole rings is 1. The van der Waals surface area contributed by atoms with Crippen LogP contribution in [0.3, 0.4) is 0 Å². The average molecular weight is 407 g/mol. The Bertz CT molecular complexity index is 1160. The van der Waals surface area contributed by atoms with Gasteiger partial charge in [-0.2, -0.15) is 15.2 Å². The van der Waals surface area contributed by atoms with Crippen molar-refractivity contribution >= 4 is 17.0 Å². The molecule has 2 aromatic heterocycles. The lowest BCUT2D eigenvalue weighted by Crippen LogP contribution is -2.44. The van der Waals surface area contributed by atoms with Crippen molar-refractivity contribution in [1.82, 2.24) is 24.9 Å². The average Bonchev–Trinajstić information content (AvgIpc) is 3.42. The first-order valence-corrected chi connectivity index (χ1v) is 9.66. The van der Waals surface area contributed by atoms with Crippen LogP contribution in [0.2, 0.25) is 0 Å². The van der Waals surface area contributed by atoms with Crippen LogP contribution in [0.25, 0.3) is 16.8 Å². The molecular weight excluding hydrogens is 389 g/mol. The molecule has 0 aliphatic carbocycles. The van der Waals surface area contributed by atoms with E-state index < -0.39 is 5.82 Å². The number of carbonyl (C=O) groups excluding carboxylic acids is 1. The fraction of sp³-hybridized carbons (Fsp3) is 0.238. The van der Waals surface area contributed by atoms with Gasteiger partial charge in [-0.15, -0.1) is 4.80 Å². The Morgan fingerprint density at radius 2 is 1.97 bits per heavy atom. The third-order valence-corrected chi connectivity index (χ3v) is 5.04. The molecule has 1 fully saturated rings. The second-order valence-corrected chi connectivity index (χ2v) is 7.04. The number of halogens is 1. The second kappa shape index (κ2) is 7.58. The molecule has 1 atom stereocenters. The number of fused-ring (bicyclic) bond motifs is 1. The molecule has 152 valence electrons. The molecule has 3 heterocycles. The zero-order chi connectivity index (χ0) is 20.5. The van der Waals surface area contributed by atoms with E-state index in [2.05, 4.69) is 15.2 Å². The van der Waals surface area contributed by atoms with Gasteiger partial charge in [-0.3, -0.25) is 4.79 Å². The van der Waals surface area contributed by atoms with Crippen LogP contribution in [-0.4, -0.2) is 50.0 Å². The van der Waals surface area contributed by atoms with Gasteiger partial charge in [-0.25, -0.2) is 4.39 Å². The van der Waals surface area contributed by atoms with Crippen LogP contribution in [0.5, 0.6) is 6.08 Å². The minimum absolute atomic E-state index is 0.0366. The number of rotatable bonds is 4. The van der Waals surface area contributed by atoms with E-state index in [-0.39, 0.29) is 29.3 Å². The number of para-hydroxylation sites is 3. The van der Waals surface area contributed by atoms with E-state index >= 15 is 0 Å². The van der Waals surface area contributed by atoms with Crippen LogP contribution in [0.4, 0.5) is 4.39 Å². The largest absolute Gasteiger partial charge is 0.445 e. The quantitative estimate of drug-likeness (QED) is 0.516. The highest BCUT2D eigenvalue weighted by Gasteiger charge is 2.29. The Kier molecular flexibility index (Phi) is 4.62. The first kappa shape index (κ1) is 18.3. The summed E-state index contributed by atoms with van der Waals surface area (Å²) >= 11 is 0. The highest BCUT2D eigenvalue weighted by molar-refractivity contribution is 5.97. The summed E-state index contributed by atoms with van der Waals surface area (Å²) in [5.74, 6) is -0.860. The molecule has 1 amide bonds. The van der Waals surface area contributed by atoms with Gasteiger partial charge < -0.3 is 14.1 Å². The monoisotopic (exact) mass is 407 g/mol. The molecule has 0 saturated carbocycles. The number of hydrogen-bond acceptors (Lipinski definition) is 6. The first-order chi connectivity index (χ1) is 14.7. The fourth-order valence-electron chi connectivity index (χ4n) is 3.66. The van der Waals surface area contributed by atoms with E-state index in [1.807, 2.05) is 24.3 Å². The molecule has 2 aromatic carbocycles. The zero-order valence-electron chi connectivity index (χ0n) is 15.9. The van der Waals surface area contributed by atoms with Crippen molar-refractivity contribution in [1.29, 1.82) is 0 Å².